The first-order chi connectivity index (χ1) is 24.0. The third-order valence-corrected chi connectivity index (χ3v) is 13.4. The number of hydrogen-bond donors (Lipinski definition) is 0. The summed E-state index contributed by atoms with van der Waals surface area (Å²) in [4.78, 5) is 5.41. The summed E-state index contributed by atoms with van der Waals surface area (Å²) in [6.45, 7) is 19.2. The van der Waals surface area contributed by atoms with E-state index in [1.165, 1.54) is 104 Å². The first-order valence-electron chi connectivity index (χ1n) is 19.3. The molecule has 50 heavy (non-hydrogen) atoms. The Morgan fingerprint density at radius 3 is 2.00 bits per heavy atom. The molecule has 0 N–H and O–H groups in total. The molecule has 5 aromatic carbocycles. The number of hydrogen-bond acceptors (Lipinski definition) is 2. The van der Waals surface area contributed by atoms with E-state index in [0.29, 0.717) is 17.8 Å². The highest BCUT2D eigenvalue weighted by Crippen LogP contribution is 2.61. The zero-order chi connectivity index (χ0) is 34.7. The van der Waals surface area contributed by atoms with Gasteiger partial charge in [-0.15, -0.1) is 0 Å². The Morgan fingerprint density at radius 2 is 1.24 bits per heavy atom. The monoisotopic (exact) mass is 654 g/mol. The van der Waals surface area contributed by atoms with Gasteiger partial charge in [-0.05, 0) is 118 Å². The van der Waals surface area contributed by atoms with E-state index in [0.717, 1.165) is 0 Å². The normalized spacial score (nSPS) is 21.5. The van der Waals surface area contributed by atoms with Gasteiger partial charge in [-0.1, -0.05) is 127 Å². The first-order valence-corrected chi connectivity index (χ1v) is 19.3. The van der Waals surface area contributed by atoms with Gasteiger partial charge in [0.05, 0.1) is 5.54 Å². The summed E-state index contributed by atoms with van der Waals surface area (Å²) in [7, 11) is 0. The number of anilines is 5. The molecule has 5 aromatic rings. The van der Waals surface area contributed by atoms with Crippen LogP contribution in [0.25, 0.3) is 11.1 Å². The van der Waals surface area contributed by atoms with E-state index in [2.05, 4.69) is 162 Å². The van der Waals surface area contributed by atoms with Crippen LogP contribution in [0.3, 0.4) is 0 Å². The first kappa shape index (κ1) is 31.7. The second kappa shape index (κ2) is 11.1. The van der Waals surface area contributed by atoms with Crippen molar-refractivity contribution < 1.29 is 0 Å². The predicted octanol–water partition coefficient (Wildman–Crippen LogP) is 11.1. The van der Waals surface area contributed by atoms with Gasteiger partial charge in [-0.3, -0.25) is 0 Å². The van der Waals surface area contributed by atoms with Gasteiger partial charge in [-0.25, -0.2) is 0 Å². The van der Waals surface area contributed by atoms with E-state index in [9.17, 15) is 0 Å². The molecule has 1 aliphatic carbocycles. The van der Waals surface area contributed by atoms with Crippen molar-refractivity contribution in [3.8, 4) is 11.1 Å². The van der Waals surface area contributed by atoms with Gasteiger partial charge < -0.3 is 9.80 Å². The second-order valence-electron chi connectivity index (χ2n) is 17.1. The van der Waals surface area contributed by atoms with Gasteiger partial charge >= 0.3 is 0 Å². The van der Waals surface area contributed by atoms with Gasteiger partial charge in [-0.2, -0.15) is 0 Å². The Labute approximate surface area is 300 Å². The van der Waals surface area contributed by atoms with Crippen molar-refractivity contribution in [3.05, 3.63) is 119 Å². The second-order valence-corrected chi connectivity index (χ2v) is 17.1. The van der Waals surface area contributed by atoms with Gasteiger partial charge in [0.25, 0.3) is 0 Å². The molecular weight excluding hydrogens is 603 g/mol. The lowest BCUT2D eigenvalue weighted by Crippen LogP contribution is -2.55. The molecule has 0 bridgehead atoms. The van der Waals surface area contributed by atoms with Crippen LogP contribution in [0.15, 0.2) is 97.1 Å². The molecule has 4 aliphatic rings. The Hall–Kier alpha value is -4.24. The van der Waals surface area contributed by atoms with E-state index >= 15 is 0 Å². The third-order valence-electron chi connectivity index (χ3n) is 13.4. The molecule has 252 valence electrons. The fraction of sp³-hybridized carbons (Fsp3) is 0.362. The molecule has 2 unspecified atom stereocenters. The molecule has 9 rings (SSSR count). The summed E-state index contributed by atoms with van der Waals surface area (Å²) in [5.41, 5.74) is 19.6. The fourth-order valence-corrected chi connectivity index (χ4v) is 10.2. The zero-order valence-corrected chi connectivity index (χ0v) is 31.3. The van der Waals surface area contributed by atoms with Gasteiger partial charge in [0.15, 0.2) is 0 Å². The van der Waals surface area contributed by atoms with Crippen LogP contribution in [0.4, 0.5) is 28.4 Å². The molecule has 0 aromatic heterocycles. The average Bonchev–Trinajstić information content (AvgIpc) is 3.54. The van der Waals surface area contributed by atoms with E-state index in [4.69, 9.17) is 0 Å². The molecule has 3 aliphatic heterocycles. The summed E-state index contributed by atoms with van der Waals surface area (Å²) in [6, 6.07) is 38.5. The van der Waals surface area contributed by atoms with Crippen LogP contribution in [0.5, 0.6) is 0 Å². The number of benzene rings is 5. The number of fused-ring (bicyclic) bond motifs is 8. The quantitative estimate of drug-likeness (QED) is 0.170. The van der Waals surface area contributed by atoms with Crippen molar-refractivity contribution in [2.24, 2.45) is 0 Å². The van der Waals surface area contributed by atoms with Crippen LogP contribution in [-0.4, -0.2) is 12.3 Å². The largest absolute Gasteiger partial charge is 0.334 e. The van der Waals surface area contributed by atoms with Gasteiger partial charge in [0, 0.05) is 33.9 Å². The van der Waals surface area contributed by atoms with E-state index in [-0.39, 0.29) is 17.7 Å². The molecule has 0 spiro atoms. The zero-order valence-electron chi connectivity index (χ0n) is 31.3. The molecule has 2 nitrogen and oxygen atoms in total. The molecule has 0 radical (unpaired) electrons. The van der Waals surface area contributed by atoms with Gasteiger partial charge in [0.2, 0.25) is 6.71 Å². The Balaban J connectivity index is 1.38. The number of nitrogens with zero attached hydrogens (tertiary/aromatic N) is 2. The van der Waals surface area contributed by atoms with Crippen molar-refractivity contribution in [1.29, 1.82) is 0 Å². The Kier molecular flexibility index (Phi) is 7.06. The lowest BCUT2D eigenvalue weighted by molar-refractivity contribution is 0.195. The molecular formula is C47H51BN2. The molecule has 1 saturated carbocycles. The summed E-state index contributed by atoms with van der Waals surface area (Å²) in [6.07, 6.45) is 5.00. The van der Waals surface area contributed by atoms with Crippen LogP contribution in [0, 0.1) is 0 Å². The molecule has 0 saturated heterocycles. The fourth-order valence-electron chi connectivity index (χ4n) is 10.2. The SMILES string of the molecule is CC(C)c1cccc(N2c3cc(C(C)C)ccc3B3c4ccc(C(C)C)cc4-c4cc(N5c6ccccc6C6(C)CCCCC56C)cc2c43)c1. The van der Waals surface area contributed by atoms with E-state index < -0.39 is 0 Å². The minimum Gasteiger partial charge on any atom is -0.334 e. The van der Waals surface area contributed by atoms with Crippen molar-refractivity contribution in [2.75, 3.05) is 9.80 Å². The summed E-state index contributed by atoms with van der Waals surface area (Å²) in [5.74, 6) is 1.37. The molecule has 0 amide bonds. The van der Waals surface area contributed by atoms with Crippen LogP contribution >= 0.6 is 0 Å². The highest BCUT2D eigenvalue weighted by Gasteiger charge is 2.58. The van der Waals surface area contributed by atoms with E-state index in [1.54, 1.807) is 0 Å². The summed E-state index contributed by atoms with van der Waals surface area (Å²) < 4.78 is 0. The lowest BCUT2D eigenvalue weighted by atomic mass is 9.37. The average molecular weight is 655 g/mol. The predicted molar refractivity (Wildman–Crippen MR) is 216 cm³/mol. The number of para-hydroxylation sites is 1. The van der Waals surface area contributed by atoms with Crippen LogP contribution in [0.1, 0.15) is 121 Å². The molecule has 1 fully saturated rings. The van der Waals surface area contributed by atoms with Crippen LogP contribution < -0.4 is 26.2 Å². The summed E-state index contributed by atoms with van der Waals surface area (Å²) in [5, 5.41) is 0. The van der Waals surface area contributed by atoms with Crippen molar-refractivity contribution in [3.63, 3.8) is 0 Å². The van der Waals surface area contributed by atoms with Crippen molar-refractivity contribution in [1.82, 2.24) is 0 Å². The third kappa shape index (κ3) is 4.28. The smallest absolute Gasteiger partial charge is 0.248 e. The van der Waals surface area contributed by atoms with E-state index in [1.807, 2.05) is 0 Å². The maximum Gasteiger partial charge on any atom is 0.248 e. The van der Waals surface area contributed by atoms with Crippen molar-refractivity contribution >= 4 is 51.5 Å². The van der Waals surface area contributed by atoms with Gasteiger partial charge in [0.1, 0.15) is 0 Å². The summed E-state index contributed by atoms with van der Waals surface area (Å²) >= 11 is 0. The minimum atomic E-state index is -0.00369. The van der Waals surface area contributed by atoms with Crippen LogP contribution in [-0.2, 0) is 5.41 Å². The maximum absolute atomic E-state index is 2.78. The molecule has 3 heterocycles. The van der Waals surface area contributed by atoms with Crippen molar-refractivity contribution in [2.45, 2.75) is 110 Å². The number of rotatable bonds is 5. The Bertz CT molecular complexity index is 2180. The molecule has 3 heteroatoms. The minimum absolute atomic E-state index is 0.00369. The standard InChI is InChI=1S/C47H51BN2/c1-29(2)32-14-13-15-35(24-32)49-43-26-34(31(5)6)19-21-41(43)48-40-20-18-33(30(3)4)25-37(40)38-27-36(28-44(49)45(38)48)50-42-17-10-9-16-39(42)46(7)22-11-12-23-47(46,50)8/h9-10,13-21,24-31H,11-12,22-23H2,1-8H3. The molecule has 2 atom stereocenters. The lowest BCUT2D eigenvalue weighted by Gasteiger charge is -2.50. The topological polar surface area (TPSA) is 6.48 Å². The highest BCUT2D eigenvalue weighted by molar-refractivity contribution is 7.01. The van der Waals surface area contributed by atoms with Crippen LogP contribution in [0.2, 0.25) is 0 Å². The highest BCUT2D eigenvalue weighted by atomic mass is 15.3. The Morgan fingerprint density at radius 1 is 0.560 bits per heavy atom. The maximum atomic E-state index is 2.78.